The van der Waals surface area contributed by atoms with E-state index in [0.29, 0.717) is 6.04 Å². The molecule has 2 atom stereocenters. The molecule has 0 fully saturated rings. The van der Waals surface area contributed by atoms with Crippen molar-refractivity contribution in [1.82, 2.24) is 15.1 Å². The maximum atomic E-state index is 4.17. The molecule has 0 radical (unpaired) electrons. The minimum atomic E-state index is 0.377. The Labute approximate surface area is 96.6 Å². The fraction of sp³-hybridized carbons (Fsp3) is 0.727. The third kappa shape index (κ3) is 3.87. The Morgan fingerprint density at radius 3 is 2.80 bits per heavy atom. The van der Waals surface area contributed by atoms with Gasteiger partial charge in [0.25, 0.3) is 0 Å². The van der Waals surface area contributed by atoms with E-state index in [1.54, 1.807) is 0 Å². The van der Waals surface area contributed by atoms with Crippen LogP contribution in [0.5, 0.6) is 0 Å². The second-order valence-corrected chi connectivity index (χ2v) is 4.98. The Hall–Kier alpha value is -0.480. The molecule has 0 aromatic carbocycles. The number of aryl methyl sites for hydroxylation is 1. The zero-order chi connectivity index (χ0) is 11.3. The summed E-state index contributed by atoms with van der Waals surface area (Å²) in [6.45, 7) is 5.52. The fourth-order valence-corrected chi connectivity index (χ4v) is 2.32. The number of hydrogen-bond donors (Lipinski definition) is 1. The molecule has 86 valence electrons. The molecule has 1 N–H and O–H groups in total. The molecular formula is C11H21N3S. The summed E-state index contributed by atoms with van der Waals surface area (Å²) in [5.41, 5.74) is 1.24. The van der Waals surface area contributed by atoms with Crippen LogP contribution in [0.1, 0.15) is 25.6 Å². The van der Waals surface area contributed by atoms with Crippen LogP contribution in [0.3, 0.4) is 0 Å². The lowest BCUT2D eigenvalue weighted by molar-refractivity contribution is 0.479. The van der Waals surface area contributed by atoms with Gasteiger partial charge < -0.3 is 5.32 Å². The van der Waals surface area contributed by atoms with Crippen LogP contribution >= 0.6 is 11.8 Å². The summed E-state index contributed by atoms with van der Waals surface area (Å²) in [5, 5.41) is 7.71. The van der Waals surface area contributed by atoms with Crippen LogP contribution < -0.4 is 5.32 Å². The molecule has 1 heterocycles. The number of nitrogens with zero attached hydrogens (tertiary/aromatic N) is 2. The Morgan fingerprint density at radius 2 is 2.27 bits per heavy atom. The van der Waals surface area contributed by atoms with Crippen molar-refractivity contribution in [2.45, 2.75) is 19.9 Å². The highest BCUT2D eigenvalue weighted by Gasteiger charge is 2.09. The van der Waals surface area contributed by atoms with E-state index in [9.17, 15) is 0 Å². The van der Waals surface area contributed by atoms with Crippen LogP contribution in [0.2, 0.25) is 0 Å². The van der Waals surface area contributed by atoms with E-state index >= 15 is 0 Å². The fourth-order valence-electron chi connectivity index (χ4n) is 1.63. The lowest BCUT2D eigenvalue weighted by atomic mass is 10.2. The van der Waals surface area contributed by atoms with Crippen molar-refractivity contribution in [3.63, 3.8) is 0 Å². The van der Waals surface area contributed by atoms with Crippen molar-refractivity contribution in [1.29, 1.82) is 0 Å². The van der Waals surface area contributed by atoms with Gasteiger partial charge in [0.1, 0.15) is 0 Å². The second-order valence-electron chi connectivity index (χ2n) is 4.07. The van der Waals surface area contributed by atoms with Gasteiger partial charge in [-0.15, -0.1) is 0 Å². The summed E-state index contributed by atoms with van der Waals surface area (Å²) in [7, 11) is 1.98. The summed E-state index contributed by atoms with van der Waals surface area (Å²) in [6, 6.07) is 2.44. The highest BCUT2D eigenvalue weighted by atomic mass is 32.2. The van der Waals surface area contributed by atoms with Crippen LogP contribution in [-0.4, -0.2) is 28.3 Å². The second kappa shape index (κ2) is 6.18. The van der Waals surface area contributed by atoms with Gasteiger partial charge in [0, 0.05) is 19.3 Å². The summed E-state index contributed by atoms with van der Waals surface area (Å²) in [6.07, 6.45) is 4.00. The van der Waals surface area contributed by atoms with Gasteiger partial charge in [-0.05, 0) is 37.5 Å². The molecule has 3 nitrogen and oxygen atoms in total. The Kier molecular flexibility index (Phi) is 5.19. The Balaban J connectivity index is 2.36. The first-order valence-electron chi connectivity index (χ1n) is 5.35. The lowest BCUT2D eigenvalue weighted by Crippen LogP contribution is -2.26. The van der Waals surface area contributed by atoms with Crippen LogP contribution in [0.4, 0.5) is 0 Å². The third-order valence-corrected chi connectivity index (χ3v) is 3.43. The highest BCUT2D eigenvalue weighted by Crippen LogP contribution is 2.11. The Bertz CT molecular complexity index is 285. The van der Waals surface area contributed by atoms with E-state index in [4.69, 9.17) is 0 Å². The van der Waals surface area contributed by atoms with Gasteiger partial charge in [-0.3, -0.25) is 4.68 Å². The van der Waals surface area contributed by atoms with Gasteiger partial charge >= 0.3 is 0 Å². The summed E-state index contributed by atoms with van der Waals surface area (Å²) >= 11 is 1.90. The van der Waals surface area contributed by atoms with Gasteiger partial charge in [0.2, 0.25) is 0 Å². The molecule has 4 heteroatoms. The zero-order valence-corrected chi connectivity index (χ0v) is 10.8. The van der Waals surface area contributed by atoms with Crippen LogP contribution in [0.15, 0.2) is 12.3 Å². The van der Waals surface area contributed by atoms with E-state index in [0.717, 1.165) is 12.5 Å². The van der Waals surface area contributed by atoms with Crippen molar-refractivity contribution >= 4 is 11.8 Å². The average molecular weight is 227 g/mol. The monoisotopic (exact) mass is 227 g/mol. The van der Waals surface area contributed by atoms with Crippen molar-refractivity contribution < 1.29 is 0 Å². The topological polar surface area (TPSA) is 29.9 Å². The SMILES string of the molecule is CSCC(C)CNC(C)c1ccnn1C. The minimum absolute atomic E-state index is 0.377. The van der Waals surface area contributed by atoms with E-state index in [2.05, 4.69) is 36.6 Å². The van der Waals surface area contributed by atoms with Crippen molar-refractivity contribution in [2.24, 2.45) is 13.0 Å². The predicted molar refractivity (Wildman–Crippen MR) is 67.2 cm³/mol. The molecule has 1 aromatic rings. The molecule has 1 aromatic heterocycles. The number of hydrogen-bond acceptors (Lipinski definition) is 3. The van der Waals surface area contributed by atoms with E-state index < -0.39 is 0 Å². The van der Waals surface area contributed by atoms with Gasteiger partial charge in [0.15, 0.2) is 0 Å². The number of aromatic nitrogens is 2. The third-order valence-electron chi connectivity index (χ3n) is 2.53. The van der Waals surface area contributed by atoms with Gasteiger partial charge in [0.05, 0.1) is 5.69 Å². The number of nitrogens with one attached hydrogen (secondary N) is 1. The first-order valence-corrected chi connectivity index (χ1v) is 6.74. The first kappa shape index (κ1) is 12.6. The summed E-state index contributed by atoms with van der Waals surface area (Å²) in [4.78, 5) is 0. The minimum Gasteiger partial charge on any atom is -0.309 e. The molecule has 0 saturated heterocycles. The Morgan fingerprint density at radius 1 is 1.53 bits per heavy atom. The predicted octanol–water partition coefficient (Wildman–Crippen LogP) is 2.07. The largest absolute Gasteiger partial charge is 0.309 e. The summed E-state index contributed by atoms with van der Waals surface area (Å²) < 4.78 is 1.93. The average Bonchev–Trinajstić information content (AvgIpc) is 2.61. The zero-order valence-electron chi connectivity index (χ0n) is 10.0. The van der Waals surface area contributed by atoms with E-state index in [1.165, 1.54) is 11.4 Å². The smallest absolute Gasteiger partial charge is 0.0547 e. The molecule has 0 spiro atoms. The summed E-state index contributed by atoms with van der Waals surface area (Å²) in [5.74, 6) is 1.93. The van der Waals surface area contributed by atoms with Crippen LogP contribution in [-0.2, 0) is 7.05 Å². The molecule has 0 amide bonds. The number of rotatable bonds is 6. The number of thioether (sulfide) groups is 1. The maximum absolute atomic E-state index is 4.17. The molecule has 1 rings (SSSR count). The normalized spacial score (nSPS) is 15.2. The van der Waals surface area contributed by atoms with E-state index in [-0.39, 0.29) is 0 Å². The first-order chi connectivity index (χ1) is 7.15. The van der Waals surface area contributed by atoms with Crippen LogP contribution in [0.25, 0.3) is 0 Å². The van der Waals surface area contributed by atoms with E-state index in [1.807, 2.05) is 29.7 Å². The molecule has 0 aliphatic heterocycles. The van der Waals surface area contributed by atoms with Gasteiger partial charge in [-0.2, -0.15) is 16.9 Å². The molecule has 0 saturated carbocycles. The van der Waals surface area contributed by atoms with Gasteiger partial charge in [-0.1, -0.05) is 6.92 Å². The van der Waals surface area contributed by atoms with Crippen molar-refractivity contribution in [2.75, 3.05) is 18.6 Å². The lowest BCUT2D eigenvalue weighted by Gasteiger charge is -2.17. The van der Waals surface area contributed by atoms with Crippen molar-refractivity contribution in [3.05, 3.63) is 18.0 Å². The van der Waals surface area contributed by atoms with Crippen LogP contribution in [0, 0.1) is 5.92 Å². The standard InChI is InChI=1S/C11H21N3S/c1-9(8-15-4)7-12-10(2)11-5-6-13-14(11)3/h5-6,9-10,12H,7-8H2,1-4H3. The van der Waals surface area contributed by atoms with Crippen molar-refractivity contribution in [3.8, 4) is 0 Å². The van der Waals surface area contributed by atoms with Gasteiger partial charge in [-0.25, -0.2) is 0 Å². The molecule has 0 bridgehead atoms. The molecule has 15 heavy (non-hydrogen) atoms. The maximum Gasteiger partial charge on any atom is 0.0547 e. The quantitative estimate of drug-likeness (QED) is 0.807. The molecule has 0 aliphatic rings. The molecule has 0 aliphatic carbocycles. The molecular weight excluding hydrogens is 206 g/mol. The molecule has 2 unspecified atom stereocenters. The highest BCUT2D eigenvalue weighted by molar-refractivity contribution is 7.98.